The van der Waals surface area contributed by atoms with Gasteiger partial charge in [-0.05, 0) is 26.7 Å². The van der Waals surface area contributed by atoms with Crippen molar-refractivity contribution in [3.05, 3.63) is 0 Å². The molecular formula is C9H19NO3. The molecule has 0 amide bonds. The van der Waals surface area contributed by atoms with Crippen molar-refractivity contribution in [1.82, 2.24) is 0 Å². The summed E-state index contributed by atoms with van der Waals surface area (Å²) < 4.78 is 0. The lowest BCUT2D eigenvalue weighted by atomic mass is 10.1. The van der Waals surface area contributed by atoms with Crippen molar-refractivity contribution >= 4 is 5.97 Å². The summed E-state index contributed by atoms with van der Waals surface area (Å²) in [5.74, 6) is -0.471. The average Bonchev–Trinajstić information content (AvgIpc) is 1.97. The van der Waals surface area contributed by atoms with E-state index in [-0.39, 0.29) is 5.92 Å². The molecule has 78 valence electrons. The molecular weight excluding hydrogens is 170 g/mol. The van der Waals surface area contributed by atoms with Gasteiger partial charge in [-0.1, -0.05) is 13.8 Å². The molecule has 0 rings (SSSR count). The van der Waals surface area contributed by atoms with Crippen LogP contribution in [0.15, 0.2) is 0 Å². The Balaban J connectivity index is 3.89. The second-order valence-corrected chi connectivity index (χ2v) is 4.37. The van der Waals surface area contributed by atoms with Gasteiger partial charge in [-0.2, -0.15) is 4.89 Å². The Labute approximate surface area is 79.3 Å². The van der Waals surface area contributed by atoms with E-state index in [1.165, 1.54) is 0 Å². The summed E-state index contributed by atoms with van der Waals surface area (Å²) in [6.07, 6.45) is 0. The zero-order valence-electron chi connectivity index (χ0n) is 8.96. The van der Waals surface area contributed by atoms with Gasteiger partial charge < -0.3 is 5.73 Å². The first-order valence-corrected chi connectivity index (χ1v) is 4.39. The Bertz CT molecular complexity index is 172. The fourth-order valence-electron chi connectivity index (χ4n) is 0.494. The lowest BCUT2D eigenvalue weighted by molar-refractivity contribution is -0.321. The first kappa shape index (κ1) is 12.4. The summed E-state index contributed by atoms with van der Waals surface area (Å²) in [6, 6.07) is -0.623. The molecule has 13 heavy (non-hydrogen) atoms. The molecule has 0 aromatic rings. The van der Waals surface area contributed by atoms with Gasteiger partial charge in [0.25, 0.3) is 0 Å². The van der Waals surface area contributed by atoms with Crippen LogP contribution in [0.25, 0.3) is 0 Å². The molecule has 0 aromatic heterocycles. The molecule has 1 atom stereocenters. The van der Waals surface area contributed by atoms with E-state index in [1.54, 1.807) is 20.8 Å². The maximum Gasteiger partial charge on any atom is 0.359 e. The molecule has 0 aliphatic rings. The Morgan fingerprint density at radius 3 is 2.08 bits per heavy atom. The van der Waals surface area contributed by atoms with Crippen molar-refractivity contribution in [2.45, 2.75) is 46.3 Å². The maximum atomic E-state index is 11.2. The summed E-state index contributed by atoms with van der Waals surface area (Å²) in [5, 5.41) is 0. The van der Waals surface area contributed by atoms with Crippen LogP contribution in [0.4, 0.5) is 0 Å². The Kier molecular flexibility index (Phi) is 4.36. The van der Waals surface area contributed by atoms with E-state index in [1.807, 2.05) is 13.8 Å². The number of rotatable bonds is 3. The van der Waals surface area contributed by atoms with E-state index >= 15 is 0 Å². The van der Waals surface area contributed by atoms with Crippen LogP contribution in [0.5, 0.6) is 0 Å². The summed E-state index contributed by atoms with van der Waals surface area (Å²) in [5.41, 5.74) is 5.04. The third kappa shape index (κ3) is 5.60. The molecule has 0 spiro atoms. The Hall–Kier alpha value is -0.610. The molecule has 4 heteroatoms. The SMILES string of the molecule is CC(C)[C@H](N)C(=O)OOC(C)(C)C. The monoisotopic (exact) mass is 189 g/mol. The van der Waals surface area contributed by atoms with Gasteiger partial charge in [0.15, 0.2) is 0 Å². The van der Waals surface area contributed by atoms with Gasteiger partial charge in [0, 0.05) is 0 Å². The van der Waals surface area contributed by atoms with Gasteiger partial charge >= 0.3 is 5.97 Å². The molecule has 0 saturated heterocycles. The first-order valence-electron chi connectivity index (χ1n) is 4.39. The lowest BCUT2D eigenvalue weighted by Crippen LogP contribution is -2.38. The highest BCUT2D eigenvalue weighted by atomic mass is 17.2. The number of hydrogen-bond acceptors (Lipinski definition) is 4. The number of nitrogens with two attached hydrogens (primary N) is 1. The predicted octanol–water partition coefficient (Wildman–Crippen LogP) is 1.24. The summed E-state index contributed by atoms with van der Waals surface area (Å²) >= 11 is 0. The molecule has 0 saturated carbocycles. The van der Waals surface area contributed by atoms with Crippen LogP contribution < -0.4 is 5.73 Å². The van der Waals surface area contributed by atoms with E-state index < -0.39 is 17.6 Å². The van der Waals surface area contributed by atoms with Gasteiger partial charge in [-0.25, -0.2) is 4.79 Å². The molecule has 0 fully saturated rings. The molecule has 0 bridgehead atoms. The van der Waals surface area contributed by atoms with Gasteiger partial charge in [0.2, 0.25) is 0 Å². The average molecular weight is 189 g/mol. The minimum atomic E-state index is -0.623. The van der Waals surface area contributed by atoms with Crippen molar-refractivity contribution in [2.75, 3.05) is 0 Å². The molecule has 0 aliphatic carbocycles. The third-order valence-corrected chi connectivity index (χ3v) is 1.36. The fourth-order valence-corrected chi connectivity index (χ4v) is 0.494. The topological polar surface area (TPSA) is 61.6 Å². The second kappa shape index (κ2) is 4.58. The van der Waals surface area contributed by atoms with E-state index in [9.17, 15) is 4.79 Å². The van der Waals surface area contributed by atoms with E-state index in [4.69, 9.17) is 10.6 Å². The van der Waals surface area contributed by atoms with Crippen LogP contribution in [-0.4, -0.2) is 17.6 Å². The molecule has 0 heterocycles. The van der Waals surface area contributed by atoms with Gasteiger partial charge in [-0.15, -0.1) is 0 Å². The van der Waals surface area contributed by atoms with Crippen molar-refractivity contribution in [1.29, 1.82) is 0 Å². The van der Waals surface area contributed by atoms with Crippen LogP contribution in [0.3, 0.4) is 0 Å². The fraction of sp³-hybridized carbons (Fsp3) is 0.889. The standard InChI is InChI=1S/C9H19NO3/c1-6(2)7(10)8(11)12-13-9(3,4)5/h6-7H,10H2,1-5H3/t7-/m0/s1. The van der Waals surface area contributed by atoms with Crippen molar-refractivity contribution in [3.8, 4) is 0 Å². The number of carbonyl (C=O) groups excluding carboxylic acids is 1. The van der Waals surface area contributed by atoms with Crippen LogP contribution in [-0.2, 0) is 14.6 Å². The quantitative estimate of drug-likeness (QED) is 0.536. The lowest BCUT2D eigenvalue weighted by Gasteiger charge is -2.19. The smallest absolute Gasteiger partial charge is 0.318 e. The summed E-state index contributed by atoms with van der Waals surface area (Å²) in [7, 11) is 0. The largest absolute Gasteiger partial charge is 0.359 e. The zero-order chi connectivity index (χ0) is 10.6. The highest BCUT2D eigenvalue weighted by Gasteiger charge is 2.22. The minimum Gasteiger partial charge on any atom is -0.318 e. The number of hydrogen-bond donors (Lipinski definition) is 1. The van der Waals surface area contributed by atoms with Gasteiger partial charge in [0.1, 0.15) is 11.6 Å². The maximum absolute atomic E-state index is 11.2. The molecule has 0 radical (unpaired) electrons. The highest BCUT2D eigenvalue weighted by Crippen LogP contribution is 2.09. The van der Waals surface area contributed by atoms with E-state index in [2.05, 4.69) is 4.89 Å². The van der Waals surface area contributed by atoms with Crippen LogP contribution in [0.2, 0.25) is 0 Å². The first-order chi connectivity index (χ1) is 5.74. The van der Waals surface area contributed by atoms with E-state index in [0.717, 1.165) is 0 Å². The van der Waals surface area contributed by atoms with Crippen molar-refractivity contribution < 1.29 is 14.6 Å². The zero-order valence-corrected chi connectivity index (χ0v) is 8.96. The highest BCUT2D eigenvalue weighted by molar-refractivity contribution is 5.75. The van der Waals surface area contributed by atoms with Crippen LogP contribution >= 0.6 is 0 Å². The molecule has 4 nitrogen and oxygen atoms in total. The van der Waals surface area contributed by atoms with Crippen LogP contribution in [0.1, 0.15) is 34.6 Å². The van der Waals surface area contributed by atoms with Gasteiger partial charge in [-0.3, -0.25) is 4.89 Å². The van der Waals surface area contributed by atoms with Crippen molar-refractivity contribution in [2.24, 2.45) is 11.7 Å². The molecule has 2 N–H and O–H groups in total. The van der Waals surface area contributed by atoms with Gasteiger partial charge in [0.05, 0.1) is 0 Å². The summed E-state index contributed by atoms with van der Waals surface area (Å²) in [4.78, 5) is 20.6. The van der Waals surface area contributed by atoms with E-state index in [0.29, 0.717) is 0 Å². The Morgan fingerprint density at radius 2 is 1.77 bits per heavy atom. The summed E-state index contributed by atoms with van der Waals surface area (Å²) in [6.45, 7) is 9.08. The second-order valence-electron chi connectivity index (χ2n) is 4.37. The molecule has 0 unspecified atom stereocenters. The third-order valence-electron chi connectivity index (χ3n) is 1.36. The van der Waals surface area contributed by atoms with Crippen molar-refractivity contribution in [3.63, 3.8) is 0 Å². The minimum absolute atomic E-state index is 0.0519. The molecule has 0 aliphatic heterocycles. The predicted molar refractivity (Wildman–Crippen MR) is 49.7 cm³/mol. The number of carbonyl (C=O) groups is 1. The normalized spacial score (nSPS) is 14.4. The molecule has 0 aromatic carbocycles. The Morgan fingerprint density at radius 1 is 1.31 bits per heavy atom. The van der Waals surface area contributed by atoms with Crippen LogP contribution in [0, 0.1) is 5.92 Å².